The molecule has 0 radical (unpaired) electrons. The quantitative estimate of drug-likeness (QED) is 0.821. The molecule has 104 valence electrons. The van der Waals surface area contributed by atoms with E-state index in [1.54, 1.807) is 32.4 Å². The minimum atomic E-state index is -0.0743. The van der Waals surface area contributed by atoms with Crippen molar-refractivity contribution in [1.82, 2.24) is 0 Å². The van der Waals surface area contributed by atoms with Gasteiger partial charge in [0.05, 0.1) is 14.2 Å². The van der Waals surface area contributed by atoms with Crippen molar-refractivity contribution in [3.05, 3.63) is 18.2 Å². The second-order valence-corrected chi connectivity index (χ2v) is 4.85. The van der Waals surface area contributed by atoms with Crippen LogP contribution in [0.25, 0.3) is 0 Å². The third-order valence-corrected chi connectivity index (χ3v) is 3.28. The molecule has 1 saturated carbocycles. The van der Waals surface area contributed by atoms with Gasteiger partial charge in [0.25, 0.3) is 0 Å². The van der Waals surface area contributed by atoms with Crippen molar-refractivity contribution < 1.29 is 14.3 Å². The molecule has 0 bridgehead atoms. The number of hydrogen-bond donors (Lipinski definition) is 2. The third kappa shape index (κ3) is 3.86. The first-order chi connectivity index (χ1) is 9.12. The number of carbonyl (C=O) groups is 1. The summed E-state index contributed by atoms with van der Waals surface area (Å²) < 4.78 is 10.3. The fourth-order valence-corrected chi connectivity index (χ4v) is 2.00. The van der Waals surface area contributed by atoms with E-state index >= 15 is 0 Å². The first kappa shape index (κ1) is 13.7. The minimum Gasteiger partial charge on any atom is -0.497 e. The molecular formula is C14H20N2O3. The Morgan fingerprint density at radius 1 is 1.32 bits per heavy atom. The molecule has 1 atom stereocenters. The summed E-state index contributed by atoms with van der Waals surface area (Å²) in [6, 6.07) is 5.23. The van der Waals surface area contributed by atoms with Gasteiger partial charge in [-0.25, -0.2) is 0 Å². The summed E-state index contributed by atoms with van der Waals surface area (Å²) in [5.41, 5.74) is 6.59. The number of nitrogens with two attached hydrogens (primary N) is 1. The summed E-state index contributed by atoms with van der Waals surface area (Å²) in [5, 5.41) is 2.83. The highest BCUT2D eigenvalue weighted by molar-refractivity contribution is 5.91. The zero-order chi connectivity index (χ0) is 13.8. The average molecular weight is 264 g/mol. The lowest BCUT2D eigenvalue weighted by Crippen LogP contribution is -2.28. The van der Waals surface area contributed by atoms with Crippen LogP contribution in [0.2, 0.25) is 0 Å². The van der Waals surface area contributed by atoms with Crippen LogP contribution in [-0.2, 0) is 4.79 Å². The number of methoxy groups -OCH3 is 2. The van der Waals surface area contributed by atoms with Crippen molar-refractivity contribution in [2.45, 2.75) is 25.3 Å². The molecule has 0 aromatic heterocycles. The number of carbonyl (C=O) groups excluding carboxylic acids is 1. The predicted molar refractivity (Wildman–Crippen MR) is 73.5 cm³/mol. The molecule has 0 saturated heterocycles. The lowest BCUT2D eigenvalue weighted by atomic mass is 10.1. The first-order valence-corrected chi connectivity index (χ1v) is 6.41. The normalized spacial score (nSPS) is 15.7. The zero-order valence-electron chi connectivity index (χ0n) is 11.3. The SMILES string of the molecule is COc1cc(NC(=O)CC(N)C2CC2)cc(OC)c1. The summed E-state index contributed by atoms with van der Waals surface area (Å²) in [7, 11) is 3.15. The van der Waals surface area contributed by atoms with E-state index in [2.05, 4.69) is 5.32 Å². The van der Waals surface area contributed by atoms with Gasteiger partial charge in [0, 0.05) is 36.3 Å². The maximum atomic E-state index is 11.9. The molecule has 2 rings (SSSR count). The van der Waals surface area contributed by atoms with Gasteiger partial charge < -0.3 is 20.5 Å². The number of anilines is 1. The molecule has 1 amide bonds. The second kappa shape index (κ2) is 5.93. The Kier molecular flexibility index (Phi) is 4.27. The van der Waals surface area contributed by atoms with Gasteiger partial charge in [0.1, 0.15) is 11.5 Å². The Morgan fingerprint density at radius 3 is 2.37 bits per heavy atom. The van der Waals surface area contributed by atoms with Gasteiger partial charge in [0.15, 0.2) is 0 Å². The molecule has 1 aromatic carbocycles. The van der Waals surface area contributed by atoms with Crippen molar-refractivity contribution >= 4 is 11.6 Å². The molecule has 1 aliphatic rings. The molecule has 19 heavy (non-hydrogen) atoms. The van der Waals surface area contributed by atoms with Gasteiger partial charge >= 0.3 is 0 Å². The third-order valence-electron chi connectivity index (χ3n) is 3.28. The van der Waals surface area contributed by atoms with E-state index < -0.39 is 0 Å². The maximum absolute atomic E-state index is 11.9. The van der Waals surface area contributed by atoms with Crippen LogP contribution >= 0.6 is 0 Å². The molecule has 1 aliphatic carbocycles. The van der Waals surface area contributed by atoms with Gasteiger partial charge in [-0.1, -0.05) is 0 Å². The number of hydrogen-bond acceptors (Lipinski definition) is 4. The molecule has 5 nitrogen and oxygen atoms in total. The Bertz CT molecular complexity index is 436. The Balaban J connectivity index is 1.98. The molecule has 0 aliphatic heterocycles. The van der Waals surface area contributed by atoms with Crippen LogP contribution in [0.5, 0.6) is 11.5 Å². The highest BCUT2D eigenvalue weighted by Crippen LogP contribution is 2.33. The van der Waals surface area contributed by atoms with Crippen molar-refractivity contribution in [2.75, 3.05) is 19.5 Å². The van der Waals surface area contributed by atoms with Gasteiger partial charge in [-0.05, 0) is 18.8 Å². The molecule has 1 unspecified atom stereocenters. The largest absolute Gasteiger partial charge is 0.497 e. The lowest BCUT2D eigenvalue weighted by Gasteiger charge is -2.12. The van der Waals surface area contributed by atoms with E-state index in [1.165, 1.54) is 0 Å². The first-order valence-electron chi connectivity index (χ1n) is 6.41. The fourth-order valence-electron chi connectivity index (χ4n) is 2.00. The van der Waals surface area contributed by atoms with Crippen LogP contribution in [0.4, 0.5) is 5.69 Å². The van der Waals surface area contributed by atoms with Crippen LogP contribution < -0.4 is 20.5 Å². The number of rotatable bonds is 6. The number of amides is 1. The smallest absolute Gasteiger partial charge is 0.225 e. The van der Waals surface area contributed by atoms with Crippen LogP contribution in [0, 0.1) is 5.92 Å². The average Bonchev–Trinajstić information content (AvgIpc) is 3.22. The zero-order valence-corrected chi connectivity index (χ0v) is 11.3. The van der Waals surface area contributed by atoms with Crippen LogP contribution in [-0.4, -0.2) is 26.2 Å². The molecule has 0 heterocycles. The van der Waals surface area contributed by atoms with E-state index in [-0.39, 0.29) is 11.9 Å². The summed E-state index contributed by atoms with van der Waals surface area (Å²) in [6.07, 6.45) is 2.63. The Labute approximate surface area is 113 Å². The van der Waals surface area contributed by atoms with Crippen molar-refractivity contribution in [1.29, 1.82) is 0 Å². The maximum Gasteiger partial charge on any atom is 0.225 e. The van der Waals surface area contributed by atoms with Crippen LogP contribution in [0.1, 0.15) is 19.3 Å². The van der Waals surface area contributed by atoms with Gasteiger partial charge in [0.2, 0.25) is 5.91 Å². The van der Waals surface area contributed by atoms with E-state index in [0.29, 0.717) is 29.5 Å². The van der Waals surface area contributed by atoms with Crippen molar-refractivity contribution in [3.63, 3.8) is 0 Å². The summed E-state index contributed by atoms with van der Waals surface area (Å²) >= 11 is 0. The number of nitrogens with one attached hydrogen (secondary N) is 1. The van der Waals surface area contributed by atoms with Crippen molar-refractivity contribution in [2.24, 2.45) is 11.7 Å². The molecule has 1 fully saturated rings. The molecular weight excluding hydrogens is 244 g/mol. The van der Waals surface area contributed by atoms with Gasteiger partial charge in [-0.15, -0.1) is 0 Å². The Hall–Kier alpha value is -1.75. The van der Waals surface area contributed by atoms with E-state index in [4.69, 9.17) is 15.2 Å². The van der Waals surface area contributed by atoms with E-state index in [9.17, 15) is 4.79 Å². The van der Waals surface area contributed by atoms with Gasteiger partial charge in [-0.3, -0.25) is 4.79 Å². The van der Waals surface area contributed by atoms with Gasteiger partial charge in [-0.2, -0.15) is 0 Å². The summed E-state index contributed by atoms with van der Waals surface area (Å²) in [5.74, 6) is 1.72. The molecule has 3 N–H and O–H groups in total. The van der Waals surface area contributed by atoms with Crippen LogP contribution in [0.3, 0.4) is 0 Å². The molecule has 1 aromatic rings. The molecule has 0 spiro atoms. The number of benzene rings is 1. The summed E-state index contributed by atoms with van der Waals surface area (Å²) in [4.78, 5) is 11.9. The predicted octanol–water partition coefficient (Wildman–Crippen LogP) is 1.77. The number of ether oxygens (including phenoxy) is 2. The topological polar surface area (TPSA) is 73.6 Å². The Morgan fingerprint density at radius 2 is 1.89 bits per heavy atom. The summed E-state index contributed by atoms with van der Waals surface area (Å²) in [6.45, 7) is 0. The monoisotopic (exact) mass is 264 g/mol. The lowest BCUT2D eigenvalue weighted by molar-refractivity contribution is -0.116. The molecule has 5 heteroatoms. The highest BCUT2D eigenvalue weighted by Gasteiger charge is 2.29. The second-order valence-electron chi connectivity index (χ2n) is 4.85. The standard InChI is InChI=1S/C14H20N2O3/c1-18-11-5-10(6-12(7-11)19-2)16-14(17)8-13(15)9-3-4-9/h5-7,9,13H,3-4,8,15H2,1-2H3,(H,16,17). The van der Waals surface area contributed by atoms with Crippen molar-refractivity contribution in [3.8, 4) is 11.5 Å². The van der Waals surface area contributed by atoms with E-state index in [0.717, 1.165) is 12.8 Å². The minimum absolute atomic E-state index is 0.0347. The van der Waals surface area contributed by atoms with E-state index in [1.807, 2.05) is 0 Å². The highest BCUT2D eigenvalue weighted by atomic mass is 16.5. The van der Waals surface area contributed by atoms with Crippen LogP contribution in [0.15, 0.2) is 18.2 Å². The fraction of sp³-hybridized carbons (Fsp3) is 0.500.